The van der Waals surface area contributed by atoms with Crippen molar-refractivity contribution in [2.75, 3.05) is 7.05 Å². The Hall–Kier alpha value is -1.14. The van der Waals surface area contributed by atoms with Crippen LogP contribution in [0.3, 0.4) is 0 Å². The smallest absolute Gasteiger partial charge is 0.263 e. The molecule has 0 aliphatic rings. The van der Waals surface area contributed by atoms with Crippen molar-refractivity contribution in [3.05, 3.63) is 30.3 Å². The van der Waals surface area contributed by atoms with Crippen molar-refractivity contribution < 1.29 is 8.42 Å². The zero-order valence-corrected chi connectivity index (χ0v) is 9.15. The van der Waals surface area contributed by atoms with E-state index >= 15 is 0 Å². The van der Waals surface area contributed by atoms with Crippen molar-refractivity contribution >= 4 is 27.4 Å². The largest absolute Gasteiger partial charge is 0.365 e. The third-order valence-corrected chi connectivity index (χ3v) is 3.31. The second-order valence-electron chi connectivity index (χ2n) is 2.50. The molecule has 4 nitrogen and oxygen atoms in total. The predicted octanol–water partition coefficient (Wildman–Crippen LogP) is 0.469. The summed E-state index contributed by atoms with van der Waals surface area (Å²) in [5.41, 5.74) is 0. The van der Waals surface area contributed by atoms with Gasteiger partial charge in [0.05, 0.1) is 4.90 Å². The number of sulfonamides is 1. The first kappa shape index (κ1) is 10.9. The van der Waals surface area contributed by atoms with Crippen LogP contribution in [0.2, 0.25) is 0 Å². The standard InChI is InChI=1S/C8H10N2O2S2/c1-9-8(13)10-14(11,12)7-5-3-2-4-6-7/h2-6H,1H3,(H2,9,10,13). The Morgan fingerprint density at radius 2 is 1.86 bits per heavy atom. The summed E-state index contributed by atoms with van der Waals surface area (Å²) in [4.78, 5) is 0.192. The number of thiocarbonyl (C=S) groups is 1. The van der Waals surface area contributed by atoms with E-state index in [1.54, 1.807) is 25.2 Å². The molecule has 0 aromatic heterocycles. The number of benzene rings is 1. The van der Waals surface area contributed by atoms with Gasteiger partial charge in [0.25, 0.3) is 10.0 Å². The fraction of sp³-hybridized carbons (Fsp3) is 0.125. The van der Waals surface area contributed by atoms with Gasteiger partial charge < -0.3 is 5.32 Å². The third-order valence-electron chi connectivity index (χ3n) is 1.51. The van der Waals surface area contributed by atoms with E-state index in [0.29, 0.717) is 0 Å². The number of nitrogens with one attached hydrogen (secondary N) is 2. The van der Waals surface area contributed by atoms with E-state index in [0.717, 1.165) is 0 Å². The van der Waals surface area contributed by atoms with Gasteiger partial charge in [-0.2, -0.15) is 0 Å². The predicted molar refractivity (Wildman–Crippen MR) is 58.4 cm³/mol. The molecular weight excluding hydrogens is 220 g/mol. The van der Waals surface area contributed by atoms with Crippen LogP contribution in [0.15, 0.2) is 35.2 Å². The van der Waals surface area contributed by atoms with E-state index in [-0.39, 0.29) is 10.0 Å². The summed E-state index contributed by atoms with van der Waals surface area (Å²) in [6.45, 7) is 0. The van der Waals surface area contributed by atoms with Crippen molar-refractivity contribution in [3.8, 4) is 0 Å². The van der Waals surface area contributed by atoms with Gasteiger partial charge in [-0.25, -0.2) is 8.42 Å². The lowest BCUT2D eigenvalue weighted by molar-refractivity contribution is 0.592. The molecule has 0 aliphatic heterocycles. The van der Waals surface area contributed by atoms with Crippen molar-refractivity contribution in [2.24, 2.45) is 0 Å². The molecule has 0 unspecified atom stereocenters. The lowest BCUT2D eigenvalue weighted by Crippen LogP contribution is -2.37. The SMILES string of the molecule is CNC(=S)NS(=O)(=O)c1ccccc1. The average molecular weight is 230 g/mol. The van der Waals surface area contributed by atoms with Gasteiger partial charge in [-0.05, 0) is 24.4 Å². The second kappa shape index (κ2) is 4.39. The summed E-state index contributed by atoms with van der Waals surface area (Å²) in [5.74, 6) is 0. The fourth-order valence-corrected chi connectivity index (χ4v) is 2.14. The van der Waals surface area contributed by atoms with Crippen molar-refractivity contribution in [3.63, 3.8) is 0 Å². The van der Waals surface area contributed by atoms with Crippen LogP contribution in [0.25, 0.3) is 0 Å². The monoisotopic (exact) mass is 230 g/mol. The molecule has 1 aromatic carbocycles. The van der Waals surface area contributed by atoms with E-state index in [2.05, 4.69) is 10.0 Å². The highest BCUT2D eigenvalue weighted by Gasteiger charge is 2.13. The van der Waals surface area contributed by atoms with E-state index in [1.165, 1.54) is 12.1 Å². The van der Waals surface area contributed by atoms with Crippen LogP contribution in [0, 0.1) is 0 Å². The molecule has 14 heavy (non-hydrogen) atoms. The molecule has 0 spiro atoms. The molecule has 0 saturated carbocycles. The van der Waals surface area contributed by atoms with Gasteiger partial charge in [0.2, 0.25) is 0 Å². The average Bonchev–Trinajstić information content (AvgIpc) is 2.18. The molecule has 0 heterocycles. The molecule has 1 rings (SSSR count). The first-order valence-electron chi connectivity index (χ1n) is 3.86. The first-order valence-corrected chi connectivity index (χ1v) is 5.75. The van der Waals surface area contributed by atoms with Crippen LogP contribution in [0.4, 0.5) is 0 Å². The number of hydrogen-bond acceptors (Lipinski definition) is 3. The Labute approximate surface area is 88.4 Å². The maximum Gasteiger partial charge on any atom is 0.263 e. The molecular formula is C8H10N2O2S2. The van der Waals surface area contributed by atoms with Crippen LogP contribution >= 0.6 is 12.2 Å². The van der Waals surface area contributed by atoms with Crippen molar-refractivity contribution in [2.45, 2.75) is 4.90 Å². The molecule has 2 N–H and O–H groups in total. The van der Waals surface area contributed by atoms with Crippen LogP contribution in [-0.4, -0.2) is 20.6 Å². The Balaban J connectivity index is 2.93. The molecule has 76 valence electrons. The van der Waals surface area contributed by atoms with E-state index in [1.807, 2.05) is 0 Å². The van der Waals surface area contributed by atoms with Crippen molar-refractivity contribution in [1.82, 2.24) is 10.0 Å². The highest BCUT2D eigenvalue weighted by molar-refractivity contribution is 7.91. The molecule has 0 amide bonds. The zero-order valence-electron chi connectivity index (χ0n) is 7.52. The lowest BCUT2D eigenvalue weighted by Gasteiger charge is -2.07. The summed E-state index contributed by atoms with van der Waals surface area (Å²) >= 11 is 4.70. The fourth-order valence-electron chi connectivity index (χ4n) is 0.832. The molecule has 0 radical (unpaired) electrons. The van der Waals surface area contributed by atoms with Gasteiger partial charge in [-0.1, -0.05) is 18.2 Å². The van der Waals surface area contributed by atoms with Gasteiger partial charge in [-0.15, -0.1) is 0 Å². The van der Waals surface area contributed by atoms with Crippen molar-refractivity contribution in [1.29, 1.82) is 0 Å². The number of hydrogen-bond donors (Lipinski definition) is 2. The maximum absolute atomic E-state index is 11.6. The minimum atomic E-state index is -3.53. The first-order chi connectivity index (χ1) is 6.56. The van der Waals surface area contributed by atoms with Crippen LogP contribution < -0.4 is 10.0 Å². The highest BCUT2D eigenvalue weighted by atomic mass is 32.2. The minimum Gasteiger partial charge on any atom is -0.365 e. The Bertz CT molecular complexity index is 414. The van der Waals surface area contributed by atoms with Crippen LogP contribution in [0.5, 0.6) is 0 Å². The molecule has 0 fully saturated rings. The molecule has 0 atom stereocenters. The Morgan fingerprint density at radius 1 is 1.29 bits per heavy atom. The van der Waals surface area contributed by atoms with E-state index < -0.39 is 10.0 Å². The van der Waals surface area contributed by atoms with Gasteiger partial charge in [0.1, 0.15) is 0 Å². The second-order valence-corrected chi connectivity index (χ2v) is 4.59. The minimum absolute atomic E-state index is 0.0776. The topological polar surface area (TPSA) is 58.2 Å². The summed E-state index contributed by atoms with van der Waals surface area (Å²) in [6.07, 6.45) is 0. The summed E-state index contributed by atoms with van der Waals surface area (Å²) < 4.78 is 25.3. The zero-order chi connectivity index (χ0) is 10.6. The van der Waals surface area contributed by atoms with Gasteiger partial charge >= 0.3 is 0 Å². The van der Waals surface area contributed by atoms with Crippen LogP contribution in [0.1, 0.15) is 0 Å². The molecule has 0 bridgehead atoms. The number of rotatable bonds is 2. The molecule has 0 saturated heterocycles. The van der Waals surface area contributed by atoms with E-state index in [9.17, 15) is 8.42 Å². The summed E-state index contributed by atoms with van der Waals surface area (Å²) in [6, 6.07) is 8.05. The van der Waals surface area contributed by atoms with Gasteiger partial charge in [0.15, 0.2) is 5.11 Å². The quantitative estimate of drug-likeness (QED) is 0.725. The Morgan fingerprint density at radius 3 is 2.36 bits per heavy atom. The van der Waals surface area contributed by atoms with E-state index in [4.69, 9.17) is 12.2 Å². The summed E-state index contributed by atoms with van der Waals surface area (Å²) in [5, 5.41) is 2.61. The third kappa shape index (κ3) is 2.68. The molecule has 0 aliphatic carbocycles. The normalized spacial score (nSPS) is 10.6. The maximum atomic E-state index is 11.6. The highest BCUT2D eigenvalue weighted by Crippen LogP contribution is 2.06. The molecule has 1 aromatic rings. The van der Waals surface area contributed by atoms with Gasteiger partial charge in [-0.3, -0.25) is 4.72 Å². The Kier molecular flexibility index (Phi) is 3.43. The summed E-state index contributed by atoms with van der Waals surface area (Å²) in [7, 11) is -1.97. The lowest BCUT2D eigenvalue weighted by atomic mass is 10.4. The van der Waals surface area contributed by atoms with Crippen LogP contribution in [-0.2, 0) is 10.0 Å². The molecule has 6 heteroatoms. The van der Waals surface area contributed by atoms with Gasteiger partial charge in [0, 0.05) is 7.05 Å².